The number of amides is 1. The smallest absolute Gasteiger partial charge is 0.220 e. The molecule has 0 bridgehead atoms. The number of methoxy groups -OCH3 is 1. The van der Waals surface area contributed by atoms with Gasteiger partial charge in [0.15, 0.2) is 0 Å². The van der Waals surface area contributed by atoms with Crippen LogP contribution in [0.5, 0.6) is 5.88 Å². The third-order valence-electron chi connectivity index (χ3n) is 5.31. The van der Waals surface area contributed by atoms with Crippen molar-refractivity contribution in [3.63, 3.8) is 0 Å². The molecule has 1 amide bonds. The fourth-order valence-electron chi connectivity index (χ4n) is 3.61. The number of rotatable bonds is 6. The molecular weight excluding hydrogens is 376 g/mol. The Kier molecular flexibility index (Phi) is 5.38. The van der Waals surface area contributed by atoms with Crippen molar-refractivity contribution in [1.82, 2.24) is 10.3 Å². The van der Waals surface area contributed by atoms with Crippen molar-refractivity contribution in [2.45, 2.75) is 44.2 Å². The number of carbonyl (C=O) groups excluding carboxylic acids is 1. The van der Waals surface area contributed by atoms with E-state index < -0.39 is 0 Å². The summed E-state index contributed by atoms with van der Waals surface area (Å²) in [7, 11) is 1.64. The van der Waals surface area contributed by atoms with Crippen molar-refractivity contribution in [3.05, 3.63) is 63.8 Å². The number of halogens is 1. The molecule has 2 heterocycles. The van der Waals surface area contributed by atoms with Crippen molar-refractivity contribution < 1.29 is 14.6 Å². The van der Waals surface area contributed by atoms with Gasteiger partial charge in [-0.25, -0.2) is 4.98 Å². The van der Waals surface area contributed by atoms with Crippen LogP contribution in [0.15, 0.2) is 36.4 Å². The second-order valence-corrected chi connectivity index (χ2v) is 7.73. The lowest BCUT2D eigenvalue weighted by molar-refractivity contribution is -0.119. The van der Waals surface area contributed by atoms with Crippen LogP contribution in [0.2, 0.25) is 5.02 Å². The Bertz CT molecular complexity index is 937. The van der Waals surface area contributed by atoms with Gasteiger partial charge in [0.2, 0.25) is 11.8 Å². The summed E-state index contributed by atoms with van der Waals surface area (Å²) in [4.78, 5) is 16.4. The van der Waals surface area contributed by atoms with E-state index in [1.165, 1.54) is 12.8 Å². The number of pyridine rings is 1. The molecule has 0 radical (unpaired) electrons. The molecule has 2 fully saturated rings. The number of hydrogen-bond acceptors (Lipinski definition) is 4. The van der Waals surface area contributed by atoms with Crippen LogP contribution < -0.4 is 10.1 Å². The average molecular weight is 399 g/mol. The molecule has 1 aliphatic carbocycles. The van der Waals surface area contributed by atoms with Gasteiger partial charge < -0.3 is 15.2 Å². The molecule has 4 rings (SSSR count). The fraction of sp³-hybridized carbons (Fsp3) is 0.364. The van der Waals surface area contributed by atoms with E-state index in [-0.39, 0.29) is 18.6 Å². The van der Waals surface area contributed by atoms with Gasteiger partial charge in [0.25, 0.3) is 0 Å². The number of aliphatic hydroxyl groups is 1. The number of nitrogens with one attached hydrogen (secondary N) is 1. The number of aromatic nitrogens is 1. The first kappa shape index (κ1) is 19.0. The maximum Gasteiger partial charge on any atom is 0.220 e. The van der Waals surface area contributed by atoms with Gasteiger partial charge in [0, 0.05) is 28.6 Å². The molecule has 1 atom stereocenters. The minimum absolute atomic E-state index is 0.0466. The quantitative estimate of drug-likeness (QED) is 0.775. The Hall–Kier alpha value is -2.37. The maximum absolute atomic E-state index is 11.6. The fourth-order valence-corrected chi connectivity index (χ4v) is 3.85. The van der Waals surface area contributed by atoms with Gasteiger partial charge in [-0.15, -0.1) is 0 Å². The first-order valence-corrected chi connectivity index (χ1v) is 9.93. The van der Waals surface area contributed by atoms with Crippen LogP contribution >= 0.6 is 11.6 Å². The van der Waals surface area contributed by atoms with E-state index >= 15 is 0 Å². The normalized spacial score (nSPS) is 19.6. The first-order chi connectivity index (χ1) is 13.6. The van der Waals surface area contributed by atoms with E-state index in [0.29, 0.717) is 28.8 Å². The van der Waals surface area contributed by atoms with Crippen molar-refractivity contribution in [2.24, 2.45) is 0 Å². The standard InChI is InChI=1S/C22H23ClN2O3/c1-28-22-17(13-2-3-13)7-8-20(25-22)18(11-16-6-9-21(27)24-16)14-4-5-15(12-26)19(23)10-14/h4-5,7-8,10-11,13,16,26H,2-3,6,9,12H2,1H3,(H,24,27)/b18-11+/t16-/m1/s1. The topological polar surface area (TPSA) is 71.5 Å². The number of carbonyl (C=O) groups is 1. The highest BCUT2D eigenvalue weighted by Gasteiger charge is 2.28. The predicted octanol–water partition coefficient (Wildman–Crippen LogP) is 3.82. The molecule has 1 aromatic carbocycles. The largest absolute Gasteiger partial charge is 0.481 e. The van der Waals surface area contributed by atoms with Crippen molar-refractivity contribution in [3.8, 4) is 5.88 Å². The Morgan fingerprint density at radius 3 is 2.75 bits per heavy atom. The van der Waals surface area contributed by atoms with Gasteiger partial charge in [-0.3, -0.25) is 4.79 Å². The first-order valence-electron chi connectivity index (χ1n) is 9.55. The van der Waals surface area contributed by atoms with E-state index in [9.17, 15) is 9.90 Å². The molecule has 146 valence electrons. The van der Waals surface area contributed by atoms with Gasteiger partial charge in [-0.2, -0.15) is 0 Å². The third-order valence-corrected chi connectivity index (χ3v) is 5.66. The Balaban J connectivity index is 1.78. The summed E-state index contributed by atoms with van der Waals surface area (Å²) in [5.41, 5.74) is 4.37. The van der Waals surface area contributed by atoms with Gasteiger partial charge in [0.05, 0.1) is 19.4 Å². The van der Waals surface area contributed by atoms with E-state index in [1.807, 2.05) is 30.3 Å². The third kappa shape index (κ3) is 3.91. The van der Waals surface area contributed by atoms with Crippen LogP contribution in [0.25, 0.3) is 5.57 Å². The van der Waals surface area contributed by atoms with Gasteiger partial charge in [-0.1, -0.05) is 35.9 Å². The monoisotopic (exact) mass is 398 g/mol. The van der Waals surface area contributed by atoms with E-state index in [1.54, 1.807) is 7.11 Å². The number of ether oxygens (including phenoxy) is 1. The summed E-state index contributed by atoms with van der Waals surface area (Å²) in [5.74, 6) is 1.25. The highest BCUT2D eigenvalue weighted by atomic mass is 35.5. The molecule has 1 aromatic heterocycles. The van der Waals surface area contributed by atoms with Crippen LogP contribution in [0.3, 0.4) is 0 Å². The summed E-state index contributed by atoms with van der Waals surface area (Å²) < 4.78 is 5.55. The number of benzene rings is 1. The molecular formula is C22H23ClN2O3. The lowest BCUT2D eigenvalue weighted by Gasteiger charge is -2.15. The highest BCUT2D eigenvalue weighted by molar-refractivity contribution is 6.31. The van der Waals surface area contributed by atoms with Crippen LogP contribution in [0.4, 0.5) is 0 Å². The highest BCUT2D eigenvalue weighted by Crippen LogP contribution is 2.44. The summed E-state index contributed by atoms with van der Waals surface area (Å²) in [6.45, 7) is -0.112. The summed E-state index contributed by atoms with van der Waals surface area (Å²) in [6.07, 6.45) is 5.66. The van der Waals surface area contributed by atoms with E-state index in [4.69, 9.17) is 21.3 Å². The average Bonchev–Trinajstić information content (AvgIpc) is 3.47. The molecule has 0 unspecified atom stereocenters. The lowest BCUT2D eigenvalue weighted by Crippen LogP contribution is -2.23. The van der Waals surface area contributed by atoms with Gasteiger partial charge in [0.1, 0.15) is 0 Å². The molecule has 0 spiro atoms. The molecule has 2 aliphatic rings. The zero-order chi connectivity index (χ0) is 19.7. The molecule has 28 heavy (non-hydrogen) atoms. The van der Waals surface area contributed by atoms with E-state index in [0.717, 1.165) is 28.8 Å². The van der Waals surface area contributed by atoms with E-state index in [2.05, 4.69) is 11.4 Å². The molecule has 2 N–H and O–H groups in total. The molecule has 5 nitrogen and oxygen atoms in total. The lowest BCUT2D eigenvalue weighted by atomic mass is 9.97. The predicted molar refractivity (Wildman–Crippen MR) is 108 cm³/mol. The van der Waals surface area contributed by atoms with Crippen molar-refractivity contribution in [1.29, 1.82) is 0 Å². The van der Waals surface area contributed by atoms with Crippen LogP contribution in [-0.4, -0.2) is 29.1 Å². The number of aliphatic hydroxyl groups excluding tert-OH is 1. The molecule has 1 saturated heterocycles. The molecule has 1 saturated carbocycles. The Morgan fingerprint density at radius 2 is 2.14 bits per heavy atom. The van der Waals surface area contributed by atoms with Crippen LogP contribution in [0.1, 0.15) is 54.0 Å². The van der Waals surface area contributed by atoms with Crippen molar-refractivity contribution >= 4 is 23.1 Å². The van der Waals surface area contributed by atoms with Gasteiger partial charge in [-0.05, 0) is 48.4 Å². The van der Waals surface area contributed by atoms with Crippen molar-refractivity contribution in [2.75, 3.05) is 7.11 Å². The Morgan fingerprint density at radius 1 is 1.32 bits per heavy atom. The minimum atomic E-state index is -0.112. The zero-order valence-electron chi connectivity index (χ0n) is 15.7. The van der Waals surface area contributed by atoms with Crippen LogP contribution in [0, 0.1) is 0 Å². The molecule has 6 heteroatoms. The SMILES string of the molecule is COc1nc(/C(=C/[C@H]2CCC(=O)N2)c2ccc(CO)c(Cl)c2)ccc1C1CC1. The summed E-state index contributed by atoms with van der Waals surface area (Å²) in [6, 6.07) is 9.61. The van der Waals surface area contributed by atoms with Gasteiger partial charge >= 0.3 is 0 Å². The molecule has 2 aromatic rings. The minimum Gasteiger partial charge on any atom is -0.481 e. The summed E-state index contributed by atoms with van der Waals surface area (Å²) in [5, 5.41) is 12.9. The molecule has 1 aliphatic heterocycles. The maximum atomic E-state index is 11.6. The number of hydrogen-bond donors (Lipinski definition) is 2. The zero-order valence-corrected chi connectivity index (χ0v) is 16.5. The summed E-state index contributed by atoms with van der Waals surface area (Å²) >= 11 is 6.33. The Labute approximate surface area is 169 Å². The van der Waals surface area contributed by atoms with Crippen LogP contribution in [-0.2, 0) is 11.4 Å². The number of nitrogens with zero attached hydrogens (tertiary/aromatic N) is 1. The second-order valence-electron chi connectivity index (χ2n) is 7.33. The second kappa shape index (κ2) is 7.94.